The molecular formula is C12H8N4OS. The average molecular weight is 256 g/mol. The number of fused-ring (bicyclic) bond motifs is 3. The molecule has 6 heteroatoms. The number of ether oxygens (including phenoxy) is 1. The summed E-state index contributed by atoms with van der Waals surface area (Å²) < 4.78 is 5.61. The average Bonchev–Trinajstić information content (AvgIpc) is 3.09. The van der Waals surface area contributed by atoms with Crippen molar-refractivity contribution in [3.05, 3.63) is 41.7 Å². The number of thiazole rings is 1. The van der Waals surface area contributed by atoms with Gasteiger partial charge in [-0.25, -0.2) is 4.98 Å². The molecule has 1 aliphatic heterocycles. The van der Waals surface area contributed by atoms with E-state index in [2.05, 4.69) is 27.3 Å². The van der Waals surface area contributed by atoms with Gasteiger partial charge in [0.05, 0.1) is 28.5 Å². The lowest BCUT2D eigenvalue weighted by Crippen LogP contribution is -2.06. The van der Waals surface area contributed by atoms with Gasteiger partial charge >= 0.3 is 0 Å². The summed E-state index contributed by atoms with van der Waals surface area (Å²) in [6, 6.07) is 6.14. The molecule has 3 aromatic rings. The Hall–Kier alpha value is -2.21. The summed E-state index contributed by atoms with van der Waals surface area (Å²) >= 11 is 1.60. The zero-order valence-corrected chi connectivity index (χ0v) is 10.1. The van der Waals surface area contributed by atoms with Crippen molar-refractivity contribution in [2.24, 2.45) is 0 Å². The van der Waals surface area contributed by atoms with Gasteiger partial charge in [0.1, 0.15) is 6.61 Å². The highest BCUT2D eigenvalue weighted by Crippen LogP contribution is 2.39. The van der Waals surface area contributed by atoms with Gasteiger partial charge in [-0.2, -0.15) is 15.0 Å². The molecule has 0 saturated heterocycles. The first-order valence-electron chi connectivity index (χ1n) is 5.48. The minimum atomic E-state index is 0.543. The summed E-state index contributed by atoms with van der Waals surface area (Å²) in [7, 11) is 0. The lowest BCUT2D eigenvalue weighted by molar-refractivity contribution is 0.292. The number of hydrogen-bond donors (Lipinski definition) is 0. The number of hydrogen-bond acceptors (Lipinski definition) is 5. The summed E-state index contributed by atoms with van der Waals surface area (Å²) in [6.07, 6.45) is 3.33. The van der Waals surface area contributed by atoms with E-state index in [4.69, 9.17) is 4.74 Å². The minimum Gasteiger partial charge on any atom is -0.472 e. The van der Waals surface area contributed by atoms with E-state index in [1.807, 2.05) is 11.6 Å². The maximum Gasteiger partial charge on any atom is 0.232 e. The third-order valence-electron chi connectivity index (χ3n) is 2.88. The van der Waals surface area contributed by atoms with Crippen molar-refractivity contribution in [2.75, 3.05) is 0 Å². The molecule has 0 fully saturated rings. The summed E-state index contributed by atoms with van der Waals surface area (Å²) in [5.41, 5.74) is 5.08. The fourth-order valence-corrected chi connectivity index (χ4v) is 2.85. The molecule has 88 valence electrons. The van der Waals surface area contributed by atoms with E-state index in [1.165, 1.54) is 5.56 Å². The molecule has 1 aromatic carbocycles. The van der Waals surface area contributed by atoms with E-state index in [0.717, 1.165) is 22.0 Å². The molecule has 0 N–H and O–H groups in total. The van der Waals surface area contributed by atoms with Gasteiger partial charge in [-0.15, -0.1) is 11.3 Å². The summed E-state index contributed by atoms with van der Waals surface area (Å²) in [4.78, 5) is 6.89. The van der Waals surface area contributed by atoms with Crippen LogP contribution in [0.4, 0.5) is 0 Å². The van der Waals surface area contributed by atoms with Gasteiger partial charge in [-0.05, 0) is 12.1 Å². The van der Waals surface area contributed by atoms with Crippen molar-refractivity contribution in [3.63, 3.8) is 0 Å². The molecule has 0 saturated carbocycles. The van der Waals surface area contributed by atoms with Crippen LogP contribution in [0, 0.1) is 0 Å². The van der Waals surface area contributed by atoms with Crippen LogP contribution >= 0.6 is 11.3 Å². The lowest BCUT2D eigenvalue weighted by atomic mass is 10.0. The number of rotatable bonds is 1. The Bertz CT molecular complexity index is 705. The maximum absolute atomic E-state index is 5.61. The second kappa shape index (κ2) is 3.64. The van der Waals surface area contributed by atoms with Gasteiger partial charge in [-0.1, -0.05) is 6.07 Å². The molecule has 1 aliphatic rings. The molecule has 4 rings (SSSR count). The third-order valence-corrected chi connectivity index (χ3v) is 3.72. The second-order valence-corrected chi connectivity index (χ2v) is 4.79. The van der Waals surface area contributed by atoms with Crippen molar-refractivity contribution in [2.45, 2.75) is 6.61 Å². The first kappa shape index (κ1) is 9.78. The molecule has 0 amide bonds. The van der Waals surface area contributed by atoms with Gasteiger partial charge in [0.2, 0.25) is 5.88 Å². The quantitative estimate of drug-likeness (QED) is 0.670. The first-order valence-corrected chi connectivity index (χ1v) is 6.36. The largest absolute Gasteiger partial charge is 0.472 e. The van der Waals surface area contributed by atoms with Crippen LogP contribution in [-0.4, -0.2) is 20.0 Å². The Labute approximate surface area is 107 Å². The van der Waals surface area contributed by atoms with E-state index < -0.39 is 0 Å². The minimum absolute atomic E-state index is 0.543. The normalized spacial score (nSPS) is 12.7. The topological polar surface area (TPSA) is 52.8 Å². The Balaban J connectivity index is 1.87. The Morgan fingerprint density at radius 2 is 2.11 bits per heavy atom. The number of nitrogens with zero attached hydrogens (tertiary/aromatic N) is 4. The van der Waals surface area contributed by atoms with Crippen LogP contribution in [0.15, 0.2) is 36.1 Å². The highest BCUT2D eigenvalue weighted by molar-refractivity contribution is 7.13. The predicted octanol–water partition coefficient (Wildman–Crippen LogP) is 2.28. The number of benzene rings is 1. The smallest absolute Gasteiger partial charge is 0.232 e. The Morgan fingerprint density at radius 3 is 3.00 bits per heavy atom. The molecule has 0 spiro atoms. The molecular weight excluding hydrogens is 248 g/mol. The van der Waals surface area contributed by atoms with Crippen LogP contribution in [-0.2, 0) is 6.61 Å². The summed E-state index contributed by atoms with van der Waals surface area (Å²) in [6.45, 7) is 0.543. The van der Waals surface area contributed by atoms with Crippen LogP contribution in [0.25, 0.3) is 16.1 Å². The fraction of sp³-hybridized carbons (Fsp3) is 0.0833. The Kier molecular flexibility index (Phi) is 1.98. The Morgan fingerprint density at radius 1 is 1.22 bits per heavy atom. The molecule has 0 bridgehead atoms. The van der Waals surface area contributed by atoms with Crippen LogP contribution in [0.1, 0.15) is 5.56 Å². The molecule has 3 heterocycles. The van der Waals surface area contributed by atoms with E-state index in [0.29, 0.717) is 6.61 Å². The fourth-order valence-electron chi connectivity index (χ4n) is 2.06. The van der Waals surface area contributed by atoms with E-state index in [9.17, 15) is 0 Å². The highest BCUT2D eigenvalue weighted by atomic mass is 32.1. The van der Waals surface area contributed by atoms with Crippen LogP contribution in [0.5, 0.6) is 5.88 Å². The zero-order valence-electron chi connectivity index (χ0n) is 9.28. The standard InChI is InChI=1S/C12H8N4OS/c1-2-10-8(5-9(1)16-14-3-4-15-16)6-17-12-11(10)18-7-13-12/h1-5,7H,6H2. The van der Waals surface area contributed by atoms with Gasteiger partial charge in [0.15, 0.2) is 0 Å². The van der Waals surface area contributed by atoms with Crippen molar-refractivity contribution in [1.82, 2.24) is 20.0 Å². The molecule has 5 nitrogen and oxygen atoms in total. The van der Waals surface area contributed by atoms with Crippen molar-refractivity contribution >= 4 is 11.3 Å². The van der Waals surface area contributed by atoms with E-state index >= 15 is 0 Å². The second-order valence-electron chi connectivity index (χ2n) is 3.94. The summed E-state index contributed by atoms with van der Waals surface area (Å²) in [5.74, 6) is 0.734. The molecule has 2 aromatic heterocycles. The summed E-state index contributed by atoms with van der Waals surface area (Å²) in [5, 5.41) is 8.25. The first-order chi connectivity index (χ1) is 8.92. The van der Waals surface area contributed by atoms with Crippen molar-refractivity contribution < 1.29 is 4.74 Å². The molecule has 0 aliphatic carbocycles. The third kappa shape index (κ3) is 1.36. The van der Waals surface area contributed by atoms with Crippen LogP contribution in [0.2, 0.25) is 0 Å². The highest BCUT2D eigenvalue weighted by Gasteiger charge is 2.20. The lowest BCUT2D eigenvalue weighted by Gasteiger charge is -2.16. The monoisotopic (exact) mass is 256 g/mol. The number of aromatic nitrogens is 4. The molecule has 0 atom stereocenters. The van der Waals surface area contributed by atoms with Crippen molar-refractivity contribution in [3.8, 4) is 22.0 Å². The van der Waals surface area contributed by atoms with E-state index in [1.54, 1.807) is 28.5 Å². The van der Waals surface area contributed by atoms with Gasteiger partial charge in [-0.3, -0.25) is 0 Å². The zero-order chi connectivity index (χ0) is 11.9. The van der Waals surface area contributed by atoms with Crippen LogP contribution < -0.4 is 4.74 Å². The van der Waals surface area contributed by atoms with Gasteiger partial charge in [0.25, 0.3) is 0 Å². The van der Waals surface area contributed by atoms with Gasteiger partial charge in [0, 0.05) is 11.1 Å². The van der Waals surface area contributed by atoms with Crippen molar-refractivity contribution in [1.29, 1.82) is 0 Å². The predicted molar refractivity (Wildman–Crippen MR) is 66.8 cm³/mol. The van der Waals surface area contributed by atoms with Gasteiger partial charge < -0.3 is 4.74 Å². The molecule has 18 heavy (non-hydrogen) atoms. The SMILES string of the molecule is c1cnn(-c2ccc3c(c2)COc2ncsc2-3)n1. The molecule has 0 unspecified atom stereocenters. The van der Waals surface area contributed by atoms with E-state index in [-0.39, 0.29) is 0 Å². The van der Waals surface area contributed by atoms with Crippen LogP contribution in [0.3, 0.4) is 0 Å². The molecule has 0 radical (unpaired) electrons. The maximum atomic E-state index is 5.61.